The summed E-state index contributed by atoms with van der Waals surface area (Å²) in [5.41, 5.74) is 1.68. The largest absolute Gasteiger partial charge is 0.444 e. The van der Waals surface area contributed by atoms with Gasteiger partial charge in [0.2, 0.25) is 0 Å². The molecule has 1 amide bonds. The highest BCUT2D eigenvalue weighted by Crippen LogP contribution is 2.29. The summed E-state index contributed by atoms with van der Waals surface area (Å²) < 4.78 is 21.1. The molecule has 0 saturated carbocycles. The fourth-order valence-corrected chi connectivity index (χ4v) is 2.41. The molecular weight excluding hydrogens is 273 g/mol. The molecule has 1 aliphatic rings. The molecule has 2 heterocycles. The average molecular weight is 289 g/mol. The van der Waals surface area contributed by atoms with E-state index < -0.39 is 6.09 Å². The van der Waals surface area contributed by atoms with E-state index in [1.54, 1.807) is 36.3 Å². The first-order chi connectivity index (χ1) is 10.1. The van der Waals surface area contributed by atoms with E-state index in [2.05, 4.69) is 5.10 Å². The van der Waals surface area contributed by atoms with Gasteiger partial charge in [-0.05, 0) is 24.6 Å². The van der Waals surface area contributed by atoms with Crippen LogP contribution in [0.2, 0.25) is 0 Å². The number of ether oxygens (including phenoxy) is 1. The van der Waals surface area contributed by atoms with Crippen LogP contribution in [0, 0.1) is 5.82 Å². The van der Waals surface area contributed by atoms with Crippen LogP contribution in [0.25, 0.3) is 11.1 Å². The Bertz CT molecular complexity index is 683. The Balaban J connectivity index is 1.90. The Morgan fingerprint density at radius 2 is 2.29 bits per heavy atom. The van der Waals surface area contributed by atoms with Crippen LogP contribution >= 0.6 is 0 Å². The first-order valence-corrected chi connectivity index (χ1v) is 6.85. The van der Waals surface area contributed by atoms with Crippen molar-refractivity contribution < 1.29 is 13.9 Å². The second-order valence-corrected chi connectivity index (χ2v) is 5.09. The van der Waals surface area contributed by atoms with Gasteiger partial charge in [0.05, 0.1) is 18.4 Å². The predicted molar refractivity (Wildman–Crippen MR) is 76.5 cm³/mol. The zero-order chi connectivity index (χ0) is 15.0. The number of carbonyl (C=O) groups is 1. The molecule has 21 heavy (non-hydrogen) atoms. The lowest BCUT2D eigenvalue weighted by Crippen LogP contribution is -2.24. The molecule has 1 aromatic carbocycles. The topological polar surface area (TPSA) is 47.4 Å². The lowest BCUT2D eigenvalue weighted by molar-refractivity contribution is 0.139. The van der Waals surface area contributed by atoms with Crippen molar-refractivity contribution in [3.63, 3.8) is 0 Å². The van der Waals surface area contributed by atoms with Gasteiger partial charge in [0.15, 0.2) is 0 Å². The molecule has 0 aliphatic carbocycles. The summed E-state index contributed by atoms with van der Waals surface area (Å²) in [4.78, 5) is 13.2. The zero-order valence-electron chi connectivity index (χ0n) is 11.9. The minimum absolute atomic E-state index is 0.126. The van der Waals surface area contributed by atoms with E-state index in [9.17, 15) is 9.18 Å². The number of cyclic esters (lactones) is 1. The van der Waals surface area contributed by atoms with Crippen LogP contribution < -0.4 is 4.90 Å². The third-order valence-electron chi connectivity index (χ3n) is 3.61. The summed E-state index contributed by atoms with van der Waals surface area (Å²) in [5, 5.41) is 4.03. The maximum Gasteiger partial charge on any atom is 0.414 e. The van der Waals surface area contributed by atoms with E-state index in [-0.39, 0.29) is 11.9 Å². The molecule has 1 aromatic heterocycles. The van der Waals surface area contributed by atoms with E-state index in [0.29, 0.717) is 23.4 Å². The Labute approximate surface area is 121 Å². The highest BCUT2D eigenvalue weighted by molar-refractivity contribution is 5.90. The van der Waals surface area contributed by atoms with E-state index in [4.69, 9.17) is 4.74 Å². The molecule has 6 heteroatoms. The van der Waals surface area contributed by atoms with Gasteiger partial charge in [-0.3, -0.25) is 9.58 Å². The Kier molecular flexibility index (Phi) is 3.37. The second kappa shape index (κ2) is 5.20. The van der Waals surface area contributed by atoms with Gasteiger partial charge in [-0.2, -0.15) is 5.10 Å². The Hall–Kier alpha value is -2.37. The summed E-state index contributed by atoms with van der Waals surface area (Å²) >= 11 is 0. The maximum atomic E-state index is 14.3. The number of amides is 1. The van der Waals surface area contributed by atoms with Crippen LogP contribution in [-0.2, 0) is 11.8 Å². The van der Waals surface area contributed by atoms with Crippen molar-refractivity contribution >= 4 is 11.8 Å². The SMILES string of the molecule is CC[C@H]1CN(c2ccc(-c3cnn(C)c3)c(F)c2)C(=O)O1. The average Bonchev–Trinajstić information content (AvgIpc) is 3.04. The van der Waals surface area contributed by atoms with Crippen molar-refractivity contribution in [3.05, 3.63) is 36.4 Å². The van der Waals surface area contributed by atoms with Crippen LogP contribution in [0.5, 0.6) is 0 Å². The molecule has 1 fully saturated rings. The van der Waals surface area contributed by atoms with E-state index >= 15 is 0 Å². The third kappa shape index (κ3) is 2.49. The minimum Gasteiger partial charge on any atom is -0.444 e. The van der Waals surface area contributed by atoms with Crippen molar-refractivity contribution in [2.45, 2.75) is 19.4 Å². The first-order valence-electron chi connectivity index (χ1n) is 6.85. The van der Waals surface area contributed by atoms with Gasteiger partial charge in [-0.1, -0.05) is 6.92 Å². The van der Waals surface area contributed by atoms with Gasteiger partial charge in [-0.15, -0.1) is 0 Å². The Morgan fingerprint density at radius 3 is 2.86 bits per heavy atom. The third-order valence-corrected chi connectivity index (χ3v) is 3.61. The van der Waals surface area contributed by atoms with Gasteiger partial charge < -0.3 is 4.74 Å². The molecular formula is C15H16FN3O2. The van der Waals surface area contributed by atoms with Gasteiger partial charge in [0.25, 0.3) is 0 Å². The van der Waals surface area contributed by atoms with Crippen LogP contribution in [0.3, 0.4) is 0 Å². The molecule has 5 nitrogen and oxygen atoms in total. The maximum absolute atomic E-state index is 14.3. The first kappa shape index (κ1) is 13.6. The van der Waals surface area contributed by atoms with Crippen molar-refractivity contribution in [1.82, 2.24) is 9.78 Å². The number of aromatic nitrogens is 2. The predicted octanol–water partition coefficient (Wildman–Crippen LogP) is 2.96. The molecule has 1 aliphatic heterocycles. The van der Waals surface area contributed by atoms with Crippen molar-refractivity contribution in [3.8, 4) is 11.1 Å². The lowest BCUT2D eigenvalue weighted by Gasteiger charge is -2.13. The summed E-state index contributed by atoms with van der Waals surface area (Å²) in [5.74, 6) is -0.381. The number of hydrogen-bond donors (Lipinski definition) is 0. The molecule has 1 atom stereocenters. The number of aryl methyl sites for hydroxylation is 1. The summed E-state index contributed by atoms with van der Waals surface area (Å²) in [6, 6.07) is 4.75. The molecule has 1 saturated heterocycles. The number of carbonyl (C=O) groups excluding carboxylic acids is 1. The second-order valence-electron chi connectivity index (χ2n) is 5.09. The number of benzene rings is 1. The molecule has 3 rings (SSSR count). The molecule has 0 N–H and O–H groups in total. The molecule has 2 aromatic rings. The van der Waals surface area contributed by atoms with E-state index in [0.717, 1.165) is 6.42 Å². The molecule has 0 unspecified atom stereocenters. The van der Waals surface area contributed by atoms with Crippen LogP contribution in [-0.4, -0.2) is 28.5 Å². The summed E-state index contributed by atoms with van der Waals surface area (Å²) in [7, 11) is 1.78. The number of hydrogen-bond acceptors (Lipinski definition) is 3. The smallest absolute Gasteiger partial charge is 0.414 e. The normalized spacial score (nSPS) is 18.1. The van der Waals surface area contributed by atoms with Crippen LogP contribution in [0.1, 0.15) is 13.3 Å². The quantitative estimate of drug-likeness (QED) is 0.872. The van der Waals surface area contributed by atoms with Crippen molar-refractivity contribution in [1.29, 1.82) is 0 Å². The highest BCUT2D eigenvalue weighted by Gasteiger charge is 2.31. The fraction of sp³-hybridized carbons (Fsp3) is 0.333. The zero-order valence-corrected chi connectivity index (χ0v) is 11.9. The van der Waals surface area contributed by atoms with Crippen molar-refractivity contribution in [2.75, 3.05) is 11.4 Å². The summed E-state index contributed by atoms with van der Waals surface area (Å²) in [6.07, 6.45) is 3.55. The van der Waals surface area contributed by atoms with Crippen LogP contribution in [0.15, 0.2) is 30.6 Å². The van der Waals surface area contributed by atoms with Gasteiger partial charge in [0.1, 0.15) is 11.9 Å². The van der Waals surface area contributed by atoms with E-state index in [1.165, 1.54) is 11.0 Å². The van der Waals surface area contributed by atoms with Crippen molar-refractivity contribution in [2.24, 2.45) is 7.05 Å². The van der Waals surface area contributed by atoms with Crippen LogP contribution in [0.4, 0.5) is 14.9 Å². The van der Waals surface area contributed by atoms with Gasteiger partial charge in [0, 0.05) is 24.4 Å². The van der Waals surface area contributed by atoms with Gasteiger partial charge in [-0.25, -0.2) is 9.18 Å². The number of halogens is 1. The highest BCUT2D eigenvalue weighted by atomic mass is 19.1. The Morgan fingerprint density at radius 1 is 1.48 bits per heavy atom. The standard InChI is InChI=1S/C15H16FN3O2/c1-3-12-9-19(15(20)21-12)11-4-5-13(14(16)6-11)10-7-17-18(2)8-10/h4-8,12H,3,9H2,1-2H3/t12-/m0/s1. The number of anilines is 1. The summed E-state index contributed by atoms with van der Waals surface area (Å²) in [6.45, 7) is 2.41. The molecule has 110 valence electrons. The number of rotatable bonds is 3. The molecule has 0 spiro atoms. The molecule has 0 radical (unpaired) electrons. The fourth-order valence-electron chi connectivity index (χ4n) is 2.41. The van der Waals surface area contributed by atoms with E-state index in [1.807, 2.05) is 6.92 Å². The van der Waals surface area contributed by atoms with Gasteiger partial charge >= 0.3 is 6.09 Å². The monoisotopic (exact) mass is 289 g/mol. The minimum atomic E-state index is -0.421. The number of nitrogens with zero attached hydrogens (tertiary/aromatic N) is 3. The lowest BCUT2D eigenvalue weighted by atomic mass is 10.1. The molecule has 0 bridgehead atoms.